The van der Waals surface area contributed by atoms with Gasteiger partial charge in [-0.3, -0.25) is 14.1 Å². The van der Waals surface area contributed by atoms with Gasteiger partial charge in [0.15, 0.2) is 11.6 Å². The summed E-state index contributed by atoms with van der Waals surface area (Å²) in [5.41, 5.74) is 8.03. The third kappa shape index (κ3) is 3.55. The zero-order valence-electron chi connectivity index (χ0n) is 17.6. The minimum atomic E-state index is -4.78. The van der Waals surface area contributed by atoms with E-state index in [1.165, 1.54) is 12.1 Å². The number of anilines is 3. The van der Waals surface area contributed by atoms with Crippen LogP contribution in [0.25, 0.3) is 11.1 Å². The Kier molecular flexibility index (Phi) is 5.04. The van der Waals surface area contributed by atoms with Crippen LogP contribution in [0, 0.1) is 0 Å². The van der Waals surface area contributed by atoms with Crippen molar-refractivity contribution in [3.63, 3.8) is 0 Å². The van der Waals surface area contributed by atoms with Gasteiger partial charge in [-0.1, -0.05) is 66.7 Å². The highest BCUT2D eigenvalue weighted by atomic mass is 32.2. The van der Waals surface area contributed by atoms with Gasteiger partial charge in [0.05, 0.1) is 22.5 Å². The van der Waals surface area contributed by atoms with Gasteiger partial charge in [0.25, 0.3) is 10.1 Å². The lowest BCUT2D eigenvalue weighted by Crippen LogP contribution is -2.25. The van der Waals surface area contributed by atoms with Gasteiger partial charge >= 0.3 is 0 Å². The highest BCUT2D eigenvalue weighted by Gasteiger charge is 2.36. The van der Waals surface area contributed by atoms with Crippen molar-refractivity contribution >= 4 is 38.7 Å². The predicted octanol–water partition coefficient (Wildman–Crippen LogP) is 4.70. The lowest BCUT2D eigenvalue weighted by molar-refractivity contribution is 0.0980. The average molecular weight is 471 g/mol. The quantitative estimate of drug-likeness (QED) is 0.257. The Bertz CT molecular complexity index is 1600. The summed E-state index contributed by atoms with van der Waals surface area (Å²) in [5.74, 6) is -1.06. The van der Waals surface area contributed by atoms with Crippen LogP contribution in [-0.2, 0) is 10.1 Å². The molecule has 1 aliphatic carbocycles. The number of nitrogens with two attached hydrogens (primary N) is 1. The highest BCUT2D eigenvalue weighted by Crippen LogP contribution is 2.40. The number of nitrogen functional groups attached to an aromatic ring is 1. The largest absolute Gasteiger partial charge is 0.397 e. The average Bonchev–Trinajstić information content (AvgIpc) is 2.83. The minimum absolute atomic E-state index is 0.0429. The fourth-order valence-electron chi connectivity index (χ4n) is 4.17. The summed E-state index contributed by atoms with van der Waals surface area (Å²) < 4.78 is 33.9. The zero-order chi connectivity index (χ0) is 24.0. The van der Waals surface area contributed by atoms with Crippen LogP contribution in [-0.4, -0.2) is 24.5 Å². The summed E-state index contributed by atoms with van der Waals surface area (Å²) >= 11 is 0. The first-order valence-electron chi connectivity index (χ1n) is 10.3. The molecular formula is C26H18N2O5S. The van der Waals surface area contributed by atoms with Crippen molar-refractivity contribution in [2.24, 2.45) is 0 Å². The SMILES string of the molecule is Nc1c(S(=O)(=O)O)cc(Nc2cccc(-c3ccccc3)c2)c2c1C(=O)c1ccccc1C2=O. The zero-order valence-corrected chi connectivity index (χ0v) is 18.5. The van der Waals surface area contributed by atoms with Crippen LogP contribution in [0.15, 0.2) is 89.8 Å². The van der Waals surface area contributed by atoms with E-state index < -0.39 is 32.3 Å². The predicted molar refractivity (Wildman–Crippen MR) is 129 cm³/mol. The second kappa shape index (κ2) is 7.95. The van der Waals surface area contributed by atoms with Crippen molar-refractivity contribution in [2.75, 3.05) is 11.1 Å². The fraction of sp³-hybridized carbons (Fsp3) is 0. The first-order valence-corrected chi connectivity index (χ1v) is 11.7. The molecule has 0 saturated carbocycles. The molecule has 0 bridgehead atoms. The Balaban J connectivity index is 1.71. The number of carbonyl (C=O) groups is 2. The molecule has 8 heteroatoms. The summed E-state index contributed by atoms with van der Waals surface area (Å²) in [5, 5.41) is 3.06. The minimum Gasteiger partial charge on any atom is -0.397 e. The van der Waals surface area contributed by atoms with E-state index in [1.807, 2.05) is 42.5 Å². The first kappa shape index (κ1) is 21.6. The normalized spacial score (nSPS) is 12.7. The molecule has 0 aliphatic heterocycles. The summed E-state index contributed by atoms with van der Waals surface area (Å²) in [4.78, 5) is 26.0. The number of fused-ring (bicyclic) bond motifs is 2. The van der Waals surface area contributed by atoms with Crippen LogP contribution in [0.2, 0.25) is 0 Å². The third-order valence-corrected chi connectivity index (χ3v) is 6.62. The highest BCUT2D eigenvalue weighted by molar-refractivity contribution is 7.86. The Morgan fingerprint density at radius 2 is 1.29 bits per heavy atom. The molecule has 0 aromatic heterocycles. The number of nitrogens with one attached hydrogen (secondary N) is 1. The van der Waals surface area contributed by atoms with Crippen molar-refractivity contribution in [2.45, 2.75) is 4.90 Å². The van der Waals surface area contributed by atoms with E-state index in [4.69, 9.17) is 5.73 Å². The number of rotatable bonds is 4. The molecule has 5 rings (SSSR count). The third-order valence-electron chi connectivity index (χ3n) is 5.73. The van der Waals surface area contributed by atoms with Crippen molar-refractivity contribution < 1.29 is 22.6 Å². The van der Waals surface area contributed by atoms with E-state index in [1.54, 1.807) is 24.3 Å². The molecule has 0 atom stereocenters. The summed E-state index contributed by atoms with van der Waals surface area (Å²) in [6, 6.07) is 24.2. The molecular weight excluding hydrogens is 452 g/mol. The second-order valence-electron chi connectivity index (χ2n) is 7.84. The maximum atomic E-state index is 13.4. The molecule has 4 N–H and O–H groups in total. The molecule has 0 saturated heterocycles. The molecule has 7 nitrogen and oxygen atoms in total. The first-order chi connectivity index (χ1) is 16.3. The smallest absolute Gasteiger partial charge is 0.296 e. The Hall–Kier alpha value is -4.27. The van der Waals surface area contributed by atoms with E-state index in [9.17, 15) is 22.6 Å². The molecule has 4 aromatic carbocycles. The van der Waals surface area contributed by atoms with Gasteiger partial charge in [0, 0.05) is 16.8 Å². The van der Waals surface area contributed by atoms with Gasteiger partial charge in [-0.05, 0) is 29.3 Å². The fourth-order valence-corrected chi connectivity index (χ4v) is 4.82. The molecule has 0 heterocycles. The number of carbonyl (C=O) groups excluding carboxylic acids is 2. The standard InChI is InChI=1S/C26H18N2O5S/c27-24-21(34(31,32)33)14-20(22-23(24)26(30)19-12-5-4-11-18(19)25(22)29)28-17-10-6-9-16(13-17)15-7-2-1-3-8-15/h1-14,28H,27H2,(H,31,32,33). The number of benzene rings is 4. The van der Waals surface area contributed by atoms with Crippen LogP contribution in [0.5, 0.6) is 0 Å². The van der Waals surface area contributed by atoms with E-state index >= 15 is 0 Å². The molecule has 0 unspecified atom stereocenters. The van der Waals surface area contributed by atoms with E-state index in [0.29, 0.717) is 5.69 Å². The molecule has 168 valence electrons. The Morgan fingerprint density at radius 1 is 0.706 bits per heavy atom. The van der Waals surface area contributed by atoms with Crippen LogP contribution in [0.3, 0.4) is 0 Å². The second-order valence-corrected chi connectivity index (χ2v) is 9.23. The van der Waals surface area contributed by atoms with Crippen LogP contribution in [0.1, 0.15) is 31.8 Å². The van der Waals surface area contributed by atoms with Gasteiger partial charge in [-0.25, -0.2) is 0 Å². The van der Waals surface area contributed by atoms with Crippen molar-refractivity contribution in [1.82, 2.24) is 0 Å². The van der Waals surface area contributed by atoms with Crippen LogP contribution in [0.4, 0.5) is 17.1 Å². The number of ketones is 2. The van der Waals surface area contributed by atoms with Crippen LogP contribution < -0.4 is 11.1 Å². The van der Waals surface area contributed by atoms with E-state index in [0.717, 1.165) is 17.2 Å². The number of hydrogen-bond donors (Lipinski definition) is 3. The lowest BCUT2D eigenvalue weighted by Gasteiger charge is -2.23. The maximum absolute atomic E-state index is 13.4. The van der Waals surface area contributed by atoms with Gasteiger partial charge in [-0.15, -0.1) is 0 Å². The Labute approximate surface area is 195 Å². The van der Waals surface area contributed by atoms with E-state index in [-0.39, 0.29) is 27.9 Å². The molecule has 4 aromatic rings. The van der Waals surface area contributed by atoms with Crippen molar-refractivity contribution in [3.05, 3.63) is 107 Å². The van der Waals surface area contributed by atoms with Gasteiger partial charge in [0.1, 0.15) is 4.90 Å². The molecule has 0 fully saturated rings. The lowest BCUT2D eigenvalue weighted by atomic mass is 9.82. The summed E-state index contributed by atoms with van der Waals surface area (Å²) in [6.07, 6.45) is 0. The van der Waals surface area contributed by atoms with Gasteiger partial charge < -0.3 is 11.1 Å². The molecule has 1 aliphatic rings. The summed E-state index contributed by atoms with van der Waals surface area (Å²) in [7, 11) is -4.78. The summed E-state index contributed by atoms with van der Waals surface area (Å²) in [6.45, 7) is 0. The van der Waals surface area contributed by atoms with E-state index in [2.05, 4.69) is 5.32 Å². The van der Waals surface area contributed by atoms with Gasteiger partial charge in [-0.2, -0.15) is 8.42 Å². The topological polar surface area (TPSA) is 127 Å². The maximum Gasteiger partial charge on any atom is 0.296 e. The molecule has 0 radical (unpaired) electrons. The number of hydrogen-bond acceptors (Lipinski definition) is 6. The molecule has 34 heavy (non-hydrogen) atoms. The molecule has 0 amide bonds. The van der Waals surface area contributed by atoms with Gasteiger partial charge in [0.2, 0.25) is 0 Å². The van der Waals surface area contributed by atoms with Crippen LogP contribution >= 0.6 is 0 Å². The molecule has 0 spiro atoms. The Morgan fingerprint density at radius 3 is 1.94 bits per heavy atom. The monoisotopic (exact) mass is 470 g/mol. The van der Waals surface area contributed by atoms with Crippen molar-refractivity contribution in [3.8, 4) is 11.1 Å². The van der Waals surface area contributed by atoms with Crippen molar-refractivity contribution in [1.29, 1.82) is 0 Å².